The Balaban J connectivity index is 2.03. The Hall–Kier alpha value is 0.0500. The van der Waals surface area contributed by atoms with Crippen LogP contribution in [0.4, 0.5) is 0 Å². The van der Waals surface area contributed by atoms with Gasteiger partial charge in [0.15, 0.2) is 0 Å². The van der Waals surface area contributed by atoms with Crippen molar-refractivity contribution >= 4 is 12.6 Å². The summed E-state index contributed by atoms with van der Waals surface area (Å²) in [6.07, 6.45) is 8.92. The van der Waals surface area contributed by atoms with E-state index in [1.807, 2.05) is 0 Å². The molecule has 1 saturated heterocycles. The van der Waals surface area contributed by atoms with E-state index in [1.54, 1.807) is 0 Å². The molecule has 0 aromatic rings. The Morgan fingerprint density at radius 3 is 2.81 bits per heavy atom. The van der Waals surface area contributed by atoms with Crippen molar-refractivity contribution in [3.05, 3.63) is 11.6 Å². The van der Waals surface area contributed by atoms with Gasteiger partial charge in [0.25, 0.3) is 0 Å². The van der Waals surface area contributed by atoms with Crippen LogP contribution in [-0.4, -0.2) is 17.0 Å². The lowest BCUT2D eigenvalue weighted by Crippen LogP contribution is -2.44. The van der Waals surface area contributed by atoms with Crippen LogP contribution in [0.15, 0.2) is 11.6 Å². The van der Waals surface area contributed by atoms with E-state index in [9.17, 15) is 0 Å². The SMILES string of the molecule is CC1(C)OC23CC1CCC2CCC=C3CS. The first kappa shape index (κ1) is 11.2. The molecule has 0 aromatic heterocycles. The van der Waals surface area contributed by atoms with Gasteiger partial charge in [-0.1, -0.05) is 6.08 Å². The maximum atomic E-state index is 6.55. The Morgan fingerprint density at radius 1 is 1.31 bits per heavy atom. The summed E-state index contributed by atoms with van der Waals surface area (Å²) in [4.78, 5) is 0. The van der Waals surface area contributed by atoms with E-state index in [-0.39, 0.29) is 11.2 Å². The Labute approximate surface area is 104 Å². The minimum absolute atomic E-state index is 0.0758. The van der Waals surface area contributed by atoms with Crippen LogP contribution >= 0.6 is 12.6 Å². The number of hydrogen-bond donors (Lipinski definition) is 1. The molecule has 2 aliphatic carbocycles. The van der Waals surface area contributed by atoms with Crippen molar-refractivity contribution in [3.63, 3.8) is 0 Å². The van der Waals surface area contributed by atoms with Gasteiger partial charge in [0.2, 0.25) is 0 Å². The molecular weight excluding hydrogens is 216 g/mol. The number of thiol groups is 1. The van der Waals surface area contributed by atoms with Crippen LogP contribution in [0.5, 0.6) is 0 Å². The third-order valence-corrected chi connectivity index (χ3v) is 5.46. The smallest absolute Gasteiger partial charge is 0.0938 e. The predicted octanol–water partition coefficient (Wildman–Crippen LogP) is 3.60. The molecule has 3 atom stereocenters. The first-order valence-corrected chi connectivity index (χ1v) is 7.22. The van der Waals surface area contributed by atoms with Gasteiger partial charge in [0.1, 0.15) is 0 Å². The number of ether oxygens (including phenoxy) is 1. The fourth-order valence-electron chi connectivity index (χ4n) is 4.21. The molecule has 2 fully saturated rings. The van der Waals surface area contributed by atoms with E-state index >= 15 is 0 Å². The molecule has 2 heteroatoms. The lowest BCUT2D eigenvalue weighted by Gasteiger charge is -2.44. The number of allylic oxidation sites excluding steroid dienone is 1. The molecule has 3 unspecified atom stereocenters. The first-order chi connectivity index (χ1) is 7.58. The fraction of sp³-hybridized carbons (Fsp3) is 0.857. The van der Waals surface area contributed by atoms with E-state index in [1.165, 1.54) is 37.7 Å². The largest absolute Gasteiger partial charge is 0.364 e. The van der Waals surface area contributed by atoms with Crippen molar-refractivity contribution in [1.82, 2.24) is 0 Å². The molecular formula is C14H22OS. The molecule has 1 aliphatic heterocycles. The van der Waals surface area contributed by atoms with Crippen LogP contribution in [0.25, 0.3) is 0 Å². The zero-order valence-electron chi connectivity index (χ0n) is 10.3. The third-order valence-electron chi connectivity index (χ3n) is 5.12. The second-order valence-corrected chi connectivity index (χ2v) is 6.55. The lowest BCUT2D eigenvalue weighted by atomic mass is 9.64. The summed E-state index contributed by atoms with van der Waals surface area (Å²) >= 11 is 4.52. The van der Waals surface area contributed by atoms with Crippen LogP contribution in [0, 0.1) is 11.8 Å². The summed E-state index contributed by atoms with van der Waals surface area (Å²) in [5.74, 6) is 2.39. The van der Waals surface area contributed by atoms with E-state index in [0.717, 1.165) is 17.6 Å². The minimum atomic E-state index is 0.0758. The van der Waals surface area contributed by atoms with E-state index in [0.29, 0.717) is 0 Å². The van der Waals surface area contributed by atoms with Crippen molar-refractivity contribution in [3.8, 4) is 0 Å². The molecule has 3 aliphatic rings. The summed E-state index contributed by atoms with van der Waals surface area (Å²) in [5, 5.41) is 0. The lowest BCUT2D eigenvalue weighted by molar-refractivity contribution is -0.0957. The van der Waals surface area contributed by atoms with Crippen LogP contribution in [0.1, 0.15) is 46.0 Å². The van der Waals surface area contributed by atoms with Crippen LogP contribution in [0.2, 0.25) is 0 Å². The first-order valence-electron chi connectivity index (χ1n) is 6.59. The molecule has 0 aromatic carbocycles. The maximum Gasteiger partial charge on any atom is 0.0938 e. The summed E-state index contributed by atoms with van der Waals surface area (Å²) < 4.78 is 6.55. The molecule has 0 amide bonds. The van der Waals surface area contributed by atoms with E-state index in [2.05, 4.69) is 32.6 Å². The van der Waals surface area contributed by atoms with Gasteiger partial charge in [-0.25, -0.2) is 0 Å². The molecule has 2 bridgehead atoms. The van der Waals surface area contributed by atoms with Gasteiger partial charge in [-0.3, -0.25) is 0 Å². The zero-order valence-corrected chi connectivity index (χ0v) is 11.2. The molecule has 1 spiro atoms. The summed E-state index contributed by atoms with van der Waals surface area (Å²) in [6.45, 7) is 4.55. The highest BCUT2D eigenvalue weighted by Crippen LogP contribution is 2.58. The number of fused-ring (bicyclic) bond motifs is 1. The average molecular weight is 238 g/mol. The number of hydrogen-bond acceptors (Lipinski definition) is 2. The van der Waals surface area contributed by atoms with Gasteiger partial charge < -0.3 is 4.74 Å². The van der Waals surface area contributed by atoms with Crippen molar-refractivity contribution < 1.29 is 4.74 Å². The highest BCUT2D eigenvalue weighted by molar-refractivity contribution is 7.80. The van der Waals surface area contributed by atoms with Gasteiger partial charge >= 0.3 is 0 Å². The Morgan fingerprint density at radius 2 is 2.06 bits per heavy atom. The summed E-state index contributed by atoms with van der Waals surface area (Å²) in [7, 11) is 0. The van der Waals surface area contributed by atoms with Gasteiger partial charge in [-0.15, -0.1) is 0 Å². The van der Waals surface area contributed by atoms with Gasteiger partial charge in [-0.05, 0) is 63.4 Å². The Kier molecular flexibility index (Phi) is 2.46. The highest BCUT2D eigenvalue weighted by Gasteiger charge is 2.59. The van der Waals surface area contributed by atoms with Crippen molar-refractivity contribution in [2.24, 2.45) is 11.8 Å². The van der Waals surface area contributed by atoms with E-state index < -0.39 is 0 Å². The molecule has 16 heavy (non-hydrogen) atoms. The molecule has 1 saturated carbocycles. The van der Waals surface area contributed by atoms with Crippen molar-refractivity contribution in [2.45, 2.75) is 57.2 Å². The Bertz CT molecular complexity index is 334. The van der Waals surface area contributed by atoms with Crippen LogP contribution < -0.4 is 0 Å². The third kappa shape index (κ3) is 1.35. The average Bonchev–Trinajstić information content (AvgIpc) is 2.45. The van der Waals surface area contributed by atoms with Gasteiger partial charge in [0.05, 0.1) is 11.2 Å². The van der Waals surface area contributed by atoms with Crippen molar-refractivity contribution in [1.29, 1.82) is 0 Å². The molecule has 0 radical (unpaired) electrons. The summed E-state index contributed by atoms with van der Waals surface area (Å²) in [6, 6.07) is 0. The minimum Gasteiger partial charge on any atom is -0.364 e. The second kappa shape index (κ2) is 3.52. The number of rotatable bonds is 1. The van der Waals surface area contributed by atoms with Gasteiger partial charge in [0, 0.05) is 5.75 Å². The standard InChI is InChI=1S/C14H22OS/c1-13(2)11-7-6-10-4-3-5-12(9-16)14(10,8-11)15-13/h5,10-11,16H,3-4,6-9H2,1-2H3. The topological polar surface area (TPSA) is 9.23 Å². The second-order valence-electron chi connectivity index (χ2n) is 6.24. The summed E-state index contributed by atoms with van der Waals surface area (Å²) in [5.41, 5.74) is 1.63. The quantitative estimate of drug-likeness (QED) is 0.542. The predicted molar refractivity (Wildman–Crippen MR) is 69.9 cm³/mol. The van der Waals surface area contributed by atoms with E-state index in [4.69, 9.17) is 4.74 Å². The highest BCUT2D eigenvalue weighted by atomic mass is 32.1. The fourth-order valence-corrected chi connectivity index (χ4v) is 4.60. The molecule has 1 nitrogen and oxygen atoms in total. The molecule has 3 rings (SSSR count). The normalized spacial score (nSPS) is 45.1. The van der Waals surface area contributed by atoms with Crippen LogP contribution in [0.3, 0.4) is 0 Å². The molecule has 0 N–H and O–H groups in total. The van der Waals surface area contributed by atoms with Crippen molar-refractivity contribution in [2.75, 3.05) is 5.75 Å². The molecule has 90 valence electrons. The monoisotopic (exact) mass is 238 g/mol. The molecule has 1 heterocycles. The van der Waals surface area contributed by atoms with Crippen LogP contribution in [-0.2, 0) is 4.74 Å². The maximum absolute atomic E-state index is 6.55. The zero-order chi connectivity index (χ0) is 11.4. The van der Waals surface area contributed by atoms with Gasteiger partial charge in [-0.2, -0.15) is 12.6 Å².